The maximum atomic E-state index is 12.9. The maximum Gasteiger partial charge on any atom is 0.255 e. The number of hydrogen-bond donors (Lipinski definition) is 1. The Morgan fingerprint density at radius 1 is 0.909 bits per heavy atom. The standard InChI is InChI=1S/C25H28N2O6/c1-4-31-23-14-19(7-9-22(23)33-17-18-6-5-11-26-16-18)25(28)27-20-8-10-21(30-3)24(15-20)32-13-12-29-2/h5-11,14-16H,4,12-13,17H2,1-3H3,(H,27,28). The van der Waals surface area contributed by atoms with Crippen molar-refractivity contribution in [2.45, 2.75) is 13.5 Å². The van der Waals surface area contributed by atoms with Crippen LogP contribution in [0.3, 0.4) is 0 Å². The minimum absolute atomic E-state index is 0.289. The van der Waals surface area contributed by atoms with Crippen molar-refractivity contribution in [1.82, 2.24) is 4.98 Å². The van der Waals surface area contributed by atoms with Crippen LogP contribution in [0.1, 0.15) is 22.8 Å². The number of carbonyl (C=O) groups excluding carboxylic acids is 1. The van der Waals surface area contributed by atoms with Gasteiger partial charge in [0.1, 0.15) is 13.2 Å². The number of anilines is 1. The fraction of sp³-hybridized carbons (Fsp3) is 0.280. The molecule has 0 radical (unpaired) electrons. The number of benzene rings is 2. The van der Waals surface area contributed by atoms with Crippen molar-refractivity contribution in [2.75, 3.05) is 39.4 Å². The molecule has 3 rings (SSSR count). The van der Waals surface area contributed by atoms with Crippen LogP contribution < -0.4 is 24.3 Å². The second kappa shape index (κ2) is 12.3. The summed E-state index contributed by atoms with van der Waals surface area (Å²) >= 11 is 0. The lowest BCUT2D eigenvalue weighted by Gasteiger charge is -2.14. The Balaban J connectivity index is 1.72. The minimum atomic E-state index is -0.289. The van der Waals surface area contributed by atoms with Crippen LogP contribution in [0, 0.1) is 0 Å². The molecule has 0 saturated carbocycles. The Bertz CT molecular complexity index is 1040. The van der Waals surface area contributed by atoms with Crippen molar-refractivity contribution >= 4 is 11.6 Å². The van der Waals surface area contributed by atoms with Gasteiger partial charge >= 0.3 is 0 Å². The molecule has 0 bridgehead atoms. The molecular weight excluding hydrogens is 424 g/mol. The zero-order chi connectivity index (χ0) is 23.5. The highest BCUT2D eigenvalue weighted by Crippen LogP contribution is 2.32. The number of aromatic nitrogens is 1. The van der Waals surface area contributed by atoms with E-state index >= 15 is 0 Å². The van der Waals surface area contributed by atoms with Crippen molar-refractivity contribution in [3.05, 3.63) is 72.1 Å². The molecule has 3 aromatic rings. The predicted molar refractivity (Wildman–Crippen MR) is 124 cm³/mol. The Labute approximate surface area is 193 Å². The third-order valence-corrected chi connectivity index (χ3v) is 4.59. The van der Waals surface area contributed by atoms with E-state index in [1.807, 2.05) is 19.1 Å². The highest BCUT2D eigenvalue weighted by Gasteiger charge is 2.14. The van der Waals surface area contributed by atoms with Gasteiger partial charge in [-0.15, -0.1) is 0 Å². The Morgan fingerprint density at radius 3 is 2.45 bits per heavy atom. The second-order valence-electron chi connectivity index (χ2n) is 6.91. The maximum absolute atomic E-state index is 12.9. The van der Waals surface area contributed by atoms with Crippen LogP contribution in [0.2, 0.25) is 0 Å². The quantitative estimate of drug-likeness (QED) is 0.409. The van der Waals surface area contributed by atoms with Crippen molar-refractivity contribution in [2.24, 2.45) is 0 Å². The highest BCUT2D eigenvalue weighted by atomic mass is 16.5. The van der Waals surface area contributed by atoms with E-state index in [-0.39, 0.29) is 5.91 Å². The van der Waals surface area contributed by atoms with E-state index in [1.165, 1.54) is 0 Å². The van der Waals surface area contributed by atoms with Gasteiger partial charge in [-0.05, 0) is 43.3 Å². The van der Waals surface area contributed by atoms with Crippen molar-refractivity contribution < 1.29 is 28.5 Å². The molecule has 1 heterocycles. The van der Waals surface area contributed by atoms with E-state index in [0.29, 0.717) is 60.7 Å². The largest absolute Gasteiger partial charge is 0.493 e. The van der Waals surface area contributed by atoms with Crippen LogP contribution in [0.5, 0.6) is 23.0 Å². The summed E-state index contributed by atoms with van der Waals surface area (Å²) in [6, 6.07) is 14.0. The average molecular weight is 453 g/mol. The summed E-state index contributed by atoms with van der Waals surface area (Å²) in [6.07, 6.45) is 3.45. The molecule has 1 N–H and O–H groups in total. The van der Waals surface area contributed by atoms with E-state index in [0.717, 1.165) is 5.56 Å². The first-order valence-electron chi connectivity index (χ1n) is 10.5. The zero-order valence-electron chi connectivity index (χ0n) is 19.0. The summed E-state index contributed by atoms with van der Waals surface area (Å²) in [6.45, 7) is 3.46. The van der Waals surface area contributed by atoms with Gasteiger partial charge in [0.05, 0.1) is 20.3 Å². The normalized spacial score (nSPS) is 10.4. The fourth-order valence-electron chi connectivity index (χ4n) is 2.99. The first-order valence-corrected chi connectivity index (χ1v) is 10.5. The lowest BCUT2D eigenvalue weighted by molar-refractivity contribution is 0.102. The zero-order valence-corrected chi connectivity index (χ0v) is 19.0. The molecule has 0 aliphatic heterocycles. The van der Waals surface area contributed by atoms with Crippen LogP contribution in [-0.4, -0.2) is 44.9 Å². The molecule has 0 aliphatic rings. The molecule has 2 aromatic carbocycles. The van der Waals surface area contributed by atoms with Gasteiger partial charge in [-0.25, -0.2) is 0 Å². The van der Waals surface area contributed by atoms with Gasteiger partial charge < -0.3 is 29.0 Å². The van der Waals surface area contributed by atoms with Crippen molar-refractivity contribution in [3.8, 4) is 23.0 Å². The van der Waals surface area contributed by atoms with Gasteiger partial charge in [-0.2, -0.15) is 0 Å². The van der Waals surface area contributed by atoms with E-state index in [4.69, 9.17) is 23.7 Å². The average Bonchev–Trinajstić information content (AvgIpc) is 2.84. The molecule has 174 valence electrons. The number of hydrogen-bond acceptors (Lipinski definition) is 7. The smallest absolute Gasteiger partial charge is 0.255 e. The molecular formula is C25H28N2O6. The molecule has 0 aliphatic carbocycles. The van der Waals surface area contributed by atoms with E-state index in [1.54, 1.807) is 63.0 Å². The summed E-state index contributed by atoms with van der Waals surface area (Å²) in [7, 11) is 3.16. The molecule has 0 atom stereocenters. The fourth-order valence-corrected chi connectivity index (χ4v) is 2.99. The summed E-state index contributed by atoms with van der Waals surface area (Å²) in [5, 5.41) is 2.88. The first kappa shape index (κ1) is 23.9. The number of nitrogens with one attached hydrogen (secondary N) is 1. The van der Waals surface area contributed by atoms with Gasteiger partial charge in [0.15, 0.2) is 23.0 Å². The molecule has 8 heteroatoms. The van der Waals surface area contributed by atoms with Gasteiger partial charge in [-0.1, -0.05) is 6.07 Å². The summed E-state index contributed by atoms with van der Waals surface area (Å²) in [5.41, 5.74) is 1.94. The monoisotopic (exact) mass is 452 g/mol. The molecule has 1 aromatic heterocycles. The number of amides is 1. The Kier molecular flexibility index (Phi) is 8.90. The van der Waals surface area contributed by atoms with Gasteiger partial charge in [0.25, 0.3) is 5.91 Å². The predicted octanol–water partition coefficient (Wildman–Crippen LogP) is 4.35. The summed E-state index contributed by atoms with van der Waals surface area (Å²) < 4.78 is 27.6. The molecule has 8 nitrogen and oxygen atoms in total. The van der Waals surface area contributed by atoms with Crippen LogP contribution in [-0.2, 0) is 11.3 Å². The summed E-state index contributed by atoms with van der Waals surface area (Å²) in [4.78, 5) is 17.0. The van der Waals surface area contributed by atoms with Gasteiger partial charge in [-0.3, -0.25) is 9.78 Å². The van der Waals surface area contributed by atoms with Gasteiger partial charge in [0.2, 0.25) is 0 Å². The third-order valence-electron chi connectivity index (χ3n) is 4.59. The van der Waals surface area contributed by atoms with Crippen LogP contribution in [0.4, 0.5) is 5.69 Å². The number of methoxy groups -OCH3 is 2. The van der Waals surface area contributed by atoms with Crippen molar-refractivity contribution in [1.29, 1.82) is 0 Å². The highest BCUT2D eigenvalue weighted by molar-refractivity contribution is 6.04. The summed E-state index contributed by atoms with van der Waals surface area (Å²) in [5.74, 6) is 1.84. The van der Waals surface area contributed by atoms with Crippen LogP contribution in [0.25, 0.3) is 0 Å². The van der Waals surface area contributed by atoms with Crippen LogP contribution in [0.15, 0.2) is 60.9 Å². The topological polar surface area (TPSA) is 88.1 Å². The van der Waals surface area contributed by atoms with Gasteiger partial charge in [0, 0.05) is 42.4 Å². The second-order valence-corrected chi connectivity index (χ2v) is 6.91. The number of pyridine rings is 1. The lowest BCUT2D eigenvalue weighted by atomic mass is 10.1. The van der Waals surface area contributed by atoms with E-state index < -0.39 is 0 Å². The molecule has 1 amide bonds. The Morgan fingerprint density at radius 2 is 1.73 bits per heavy atom. The SMILES string of the molecule is CCOc1cc(C(=O)Nc2ccc(OC)c(OCCOC)c2)ccc1OCc1cccnc1. The number of carbonyl (C=O) groups is 1. The van der Waals surface area contributed by atoms with Crippen molar-refractivity contribution in [3.63, 3.8) is 0 Å². The molecule has 0 unspecified atom stereocenters. The molecule has 0 saturated heterocycles. The first-order chi connectivity index (χ1) is 16.1. The molecule has 33 heavy (non-hydrogen) atoms. The third kappa shape index (κ3) is 6.85. The number of rotatable bonds is 12. The number of ether oxygens (including phenoxy) is 5. The Hall–Kier alpha value is -3.78. The molecule has 0 spiro atoms. The lowest BCUT2D eigenvalue weighted by Crippen LogP contribution is -2.13. The number of nitrogens with zero attached hydrogens (tertiary/aromatic N) is 1. The van der Waals surface area contributed by atoms with E-state index in [2.05, 4.69) is 10.3 Å². The minimum Gasteiger partial charge on any atom is -0.493 e. The van der Waals surface area contributed by atoms with E-state index in [9.17, 15) is 4.79 Å². The van der Waals surface area contributed by atoms with Crippen LogP contribution >= 0.6 is 0 Å². The molecule has 0 fully saturated rings.